The zero-order chi connectivity index (χ0) is 23.9. The maximum Gasteiger partial charge on any atom is 0.335 e. The summed E-state index contributed by atoms with van der Waals surface area (Å²) in [5, 5.41) is 2.27. The van der Waals surface area contributed by atoms with Crippen LogP contribution in [0.2, 0.25) is 0 Å². The molecule has 0 aromatic heterocycles. The van der Waals surface area contributed by atoms with E-state index in [0.717, 1.165) is 29.1 Å². The van der Waals surface area contributed by atoms with Gasteiger partial charge in [0.2, 0.25) is 0 Å². The highest BCUT2D eigenvalue weighted by Gasteiger charge is 2.38. The van der Waals surface area contributed by atoms with Crippen LogP contribution in [0.5, 0.6) is 5.75 Å². The first-order valence-electron chi connectivity index (χ1n) is 11.1. The van der Waals surface area contributed by atoms with Gasteiger partial charge in [-0.15, -0.1) is 0 Å². The molecule has 4 rings (SSSR count). The highest BCUT2D eigenvalue weighted by molar-refractivity contribution is 6.39. The number of imide groups is 2. The van der Waals surface area contributed by atoms with Gasteiger partial charge in [0.1, 0.15) is 11.3 Å². The molecule has 2 aliphatic heterocycles. The number of carbonyl (C=O) groups excluding carboxylic acids is 3. The highest BCUT2D eigenvalue weighted by Crippen LogP contribution is 2.46. The third kappa shape index (κ3) is 3.88. The van der Waals surface area contributed by atoms with Crippen molar-refractivity contribution in [3.05, 3.63) is 59.2 Å². The second-order valence-electron chi connectivity index (χ2n) is 9.11. The van der Waals surface area contributed by atoms with Gasteiger partial charge < -0.3 is 9.64 Å². The van der Waals surface area contributed by atoms with Crippen LogP contribution >= 0.6 is 0 Å². The minimum atomic E-state index is -0.764. The van der Waals surface area contributed by atoms with E-state index in [9.17, 15) is 14.4 Å². The Morgan fingerprint density at radius 1 is 1.15 bits per heavy atom. The first-order valence-corrected chi connectivity index (χ1v) is 11.1. The summed E-state index contributed by atoms with van der Waals surface area (Å²) in [5.41, 5.74) is 3.14. The maximum atomic E-state index is 13.2. The average Bonchev–Trinajstić information content (AvgIpc) is 2.76. The number of methoxy groups -OCH3 is 1. The topological polar surface area (TPSA) is 79.0 Å². The van der Waals surface area contributed by atoms with Gasteiger partial charge in [-0.2, -0.15) is 0 Å². The van der Waals surface area contributed by atoms with Crippen LogP contribution in [-0.2, 0) is 9.59 Å². The molecular weight excluding hydrogens is 418 g/mol. The van der Waals surface area contributed by atoms with Crippen molar-refractivity contribution < 1.29 is 19.1 Å². The molecule has 1 saturated heterocycles. The van der Waals surface area contributed by atoms with Crippen molar-refractivity contribution in [2.45, 2.75) is 45.6 Å². The molecule has 1 atom stereocenters. The van der Waals surface area contributed by atoms with Gasteiger partial charge in [0.05, 0.1) is 12.8 Å². The molecule has 33 heavy (non-hydrogen) atoms. The molecule has 7 heteroatoms. The number of ether oxygens (including phenoxy) is 1. The lowest BCUT2D eigenvalue weighted by Gasteiger charge is -2.47. The van der Waals surface area contributed by atoms with Gasteiger partial charge in [-0.3, -0.25) is 14.9 Å². The van der Waals surface area contributed by atoms with E-state index in [1.54, 1.807) is 37.4 Å². The van der Waals surface area contributed by atoms with Crippen LogP contribution in [0.1, 0.15) is 51.2 Å². The molecule has 1 unspecified atom stereocenters. The van der Waals surface area contributed by atoms with Crippen LogP contribution in [0.15, 0.2) is 48.0 Å². The molecule has 0 bridgehead atoms. The van der Waals surface area contributed by atoms with E-state index in [0.29, 0.717) is 22.9 Å². The monoisotopic (exact) mass is 447 g/mol. The number of nitrogens with one attached hydrogen (secondary N) is 1. The van der Waals surface area contributed by atoms with E-state index in [4.69, 9.17) is 4.74 Å². The smallest absolute Gasteiger partial charge is 0.335 e. The average molecular weight is 448 g/mol. The molecule has 0 saturated carbocycles. The minimum absolute atomic E-state index is 0.00191. The molecule has 2 heterocycles. The summed E-state index contributed by atoms with van der Waals surface area (Å²) >= 11 is 0. The first-order chi connectivity index (χ1) is 15.7. The van der Waals surface area contributed by atoms with Gasteiger partial charge in [0.25, 0.3) is 11.8 Å². The van der Waals surface area contributed by atoms with Crippen LogP contribution in [-0.4, -0.2) is 37.0 Å². The van der Waals surface area contributed by atoms with Gasteiger partial charge in [-0.05, 0) is 62.9 Å². The lowest BCUT2D eigenvalue weighted by molar-refractivity contribution is -0.122. The van der Waals surface area contributed by atoms with Crippen molar-refractivity contribution in [1.82, 2.24) is 5.32 Å². The standard InChI is InChI=1S/C26H29N3O4/c1-6-28-21-14-22(33-5)17(12-19(21)16(2)15-26(28,3)4)13-20-23(30)27-25(32)29(24(20)31)18-10-8-7-9-11-18/h7-14,16H,6,15H2,1-5H3,(H,27,30,32)/b20-13-. The van der Waals surface area contributed by atoms with Crippen LogP contribution in [0.3, 0.4) is 0 Å². The largest absolute Gasteiger partial charge is 0.496 e. The fraction of sp³-hybridized carbons (Fsp3) is 0.346. The Bertz CT molecular complexity index is 1150. The number of nitrogens with zero attached hydrogens (tertiary/aromatic N) is 2. The van der Waals surface area contributed by atoms with Crippen LogP contribution in [0, 0.1) is 0 Å². The van der Waals surface area contributed by atoms with E-state index in [1.165, 1.54) is 6.08 Å². The van der Waals surface area contributed by atoms with Crippen molar-refractivity contribution in [2.24, 2.45) is 0 Å². The van der Waals surface area contributed by atoms with E-state index in [2.05, 4.69) is 37.9 Å². The Morgan fingerprint density at radius 3 is 2.48 bits per heavy atom. The Hall–Kier alpha value is -3.61. The number of fused-ring (bicyclic) bond motifs is 1. The number of amides is 4. The zero-order valence-corrected chi connectivity index (χ0v) is 19.6. The van der Waals surface area contributed by atoms with Gasteiger partial charge in [-0.1, -0.05) is 25.1 Å². The molecule has 4 amide bonds. The zero-order valence-electron chi connectivity index (χ0n) is 19.6. The van der Waals surface area contributed by atoms with E-state index >= 15 is 0 Å². The Labute approximate surface area is 194 Å². The van der Waals surface area contributed by atoms with Crippen LogP contribution in [0.25, 0.3) is 6.08 Å². The van der Waals surface area contributed by atoms with Gasteiger partial charge in [0, 0.05) is 29.4 Å². The lowest BCUT2D eigenvalue weighted by Crippen LogP contribution is -2.54. The van der Waals surface area contributed by atoms with E-state index in [-0.39, 0.29) is 11.1 Å². The Balaban J connectivity index is 1.81. The second-order valence-corrected chi connectivity index (χ2v) is 9.11. The van der Waals surface area contributed by atoms with Crippen molar-refractivity contribution in [3.8, 4) is 5.75 Å². The molecule has 7 nitrogen and oxygen atoms in total. The number of rotatable bonds is 4. The third-order valence-corrected chi connectivity index (χ3v) is 6.47. The summed E-state index contributed by atoms with van der Waals surface area (Å²) in [7, 11) is 1.57. The molecule has 2 aliphatic rings. The van der Waals surface area contributed by atoms with Crippen molar-refractivity contribution >= 4 is 35.3 Å². The molecular formula is C26H29N3O4. The fourth-order valence-corrected chi connectivity index (χ4v) is 5.04. The number of urea groups is 1. The fourth-order valence-electron chi connectivity index (χ4n) is 5.04. The summed E-state index contributed by atoms with van der Waals surface area (Å²) in [6.07, 6.45) is 2.49. The van der Waals surface area contributed by atoms with Crippen molar-refractivity contribution in [1.29, 1.82) is 0 Å². The predicted octanol–water partition coefficient (Wildman–Crippen LogP) is 4.47. The summed E-state index contributed by atoms with van der Waals surface area (Å²) in [4.78, 5) is 41.6. The summed E-state index contributed by atoms with van der Waals surface area (Å²) in [6.45, 7) is 9.64. The summed E-state index contributed by atoms with van der Waals surface area (Å²) in [5.74, 6) is -0.534. The number of barbiturate groups is 1. The van der Waals surface area contributed by atoms with Gasteiger partial charge >= 0.3 is 6.03 Å². The first kappa shape index (κ1) is 22.6. The van der Waals surface area contributed by atoms with Crippen LogP contribution in [0.4, 0.5) is 16.2 Å². The SMILES string of the molecule is CCN1c2cc(OC)c(/C=C3/C(=O)NC(=O)N(c4ccccc4)C3=O)cc2C(C)CC1(C)C. The maximum absolute atomic E-state index is 13.2. The number of carbonyl (C=O) groups is 3. The third-order valence-electron chi connectivity index (χ3n) is 6.47. The molecule has 0 aliphatic carbocycles. The minimum Gasteiger partial charge on any atom is -0.496 e. The normalized spacial score (nSPS) is 21.2. The van der Waals surface area contributed by atoms with Crippen LogP contribution < -0.4 is 19.9 Å². The summed E-state index contributed by atoms with van der Waals surface area (Å²) < 4.78 is 5.66. The van der Waals surface area contributed by atoms with Crippen molar-refractivity contribution in [2.75, 3.05) is 23.5 Å². The summed E-state index contributed by atoms with van der Waals surface area (Å²) in [6, 6.07) is 11.7. The molecule has 1 N–H and O–H groups in total. The quantitative estimate of drug-likeness (QED) is 0.553. The number of hydrogen-bond acceptors (Lipinski definition) is 5. The number of benzene rings is 2. The second kappa shape index (κ2) is 8.39. The molecule has 2 aromatic rings. The van der Waals surface area contributed by atoms with E-state index < -0.39 is 17.8 Å². The lowest BCUT2D eigenvalue weighted by atomic mass is 9.79. The van der Waals surface area contributed by atoms with Gasteiger partial charge in [0.15, 0.2) is 0 Å². The van der Waals surface area contributed by atoms with Gasteiger partial charge in [-0.25, -0.2) is 9.69 Å². The molecule has 1 fully saturated rings. The predicted molar refractivity (Wildman–Crippen MR) is 129 cm³/mol. The number of para-hydroxylation sites is 1. The Morgan fingerprint density at radius 2 is 1.85 bits per heavy atom. The number of anilines is 2. The Kier molecular flexibility index (Phi) is 5.74. The molecule has 0 radical (unpaired) electrons. The highest BCUT2D eigenvalue weighted by atomic mass is 16.5. The molecule has 172 valence electrons. The van der Waals surface area contributed by atoms with E-state index in [1.807, 2.05) is 12.1 Å². The molecule has 0 spiro atoms. The van der Waals surface area contributed by atoms with Crippen molar-refractivity contribution in [3.63, 3.8) is 0 Å². The number of hydrogen-bond donors (Lipinski definition) is 1. The molecule has 2 aromatic carbocycles.